The van der Waals surface area contributed by atoms with E-state index in [2.05, 4.69) is 11.2 Å². The minimum atomic E-state index is -1.01. The highest BCUT2D eigenvalue weighted by Gasteiger charge is 2.36. The number of thiophene rings is 1. The number of rotatable bonds is 7. The van der Waals surface area contributed by atoms with Gasteiger partial charge in [0.25, 0.3) is 0 Å². The fourth-order valence-electron chi connectivity index (χ4n) is 4.27. The Labute approximate surface area is 207 Å². The van der Waals surface area contributed by atoms with E-state index in [0.29, 0.717) is 6.42 Å². The normalized spacial score (nSPS) is 15.3. The van der Waals surface area contributed by atoms with Crippen molar-refractivity contribution in [1.29, 1.82) is 0 Å². The number of aromatic nitrogens is 2. The molecule has 1 aliphatic rings. The Kier molecular flexibility index (Phi) is 6.29. The number of carbonyl (C=O) groups is 2. The van der Waals surface area contributed by atoms with E-state index >= 15 is 0 Å². The second kappa shape index (κ2) is 9.68. The van der Waals surface area contributed by atoms with Gasteiger partial charge in [0.1, 0.15) is 0 Å². The maximum atomic E-state index is 13.2. The molecule has 0 aliphatic carbocycles. The van der Waals surface area contributed by atoms with Crippen LogP contribution in [0.1, 0.15) is 42.0 Å². The molecule has 0 spiro atoms. The monoisotopic (exact) mass is 484 g/mol. The van der Waals surface area contributed by atoms with Gasteiger partial charge in [0, 0.05) is 35.7 Å². The third-order valence-corrected chi connectivity index (χ3v) is 6.67. The fourth-order valence-corrected chi connectivity index (χ4v) is 4.94. The van der Waals surface area contributed by atoms with Crippen LogP contribution in [0.3, 0.4) is 0 Å². The van der Waals surface area contributed by atoms with Crippen molar-refractivity contribution in [1.82, 2.24) is 14.8 Å². The van der Waals surface area contributed by atoms with Gasteiger partial charge in [0.05, 0.1) is 29.6 Å². The SMILES string of the molecule is Cc1cccc(-c2nn(-c3ccccc3)cc2[C@@H]2CC(c3ccsc3)=NN2C(=O)CCC(=O)O)c1. The quantitative estimate of drug-likeness (QED) is 0.378. The van der Waals surface area contributed by atoms with Crippen LogP contribution in [0.4, 0.5) is 0 Å². The molecule has 8 heteroatoms. The Hall–Kier alpha value is -4.04. The van der Waals surface area contributed by atoms with E-state index in [1.807, 2.05) is 83.2 Å². The lowest BCUT2D eigenvalue weighted by Gasteiger charge is -2.21. The van der Waals surface area contributed by atoms with Crippen LogP contribution in [0.15, 0.2) is 82.7 Å². The average molecular weight is 485 g/mol. The van der Waals surface area contributed by atoms with Crippen molar-refractivity contribution >= 4 is 28.9 Å². The second-order valence-corrected chi connectivity index (χ2v) is 9.27. The Morgan fingerprint density at radius 2 is 1.89 bits per heavy atom. The van der Waals surface area contributed by atoms with Crippen molar-refractivity contribution in [3.05, 3.63) is 94.3 Å². The zero-order valence-corrected chi connectivity index (χ0v) is 20.0. The molecule has 0 fully saturated rings. The summed E-state index contributed by atoms with van der Waals surface area (Å²) in [6.45, 7) is 2.03. The summed E-state index contributed by atoms with van der Waals surface area (Å²) in [6.07, 6.45) is 2.13. The molecule has 1 aliphatic heterocycles. The second-order valence-electron chi connectivity index (χ2n) is 8.49. The predicted octanol–water partition coefficient (Wildman–Crippen LogP) is 5.45. The van der Waals surface area contributed by atoms with Gasteiger partial charge in [-0.3, -0.25) is 9.59 Å². The summed E-state index contributed by atoms with van der Waals surface area (Å²) in [5.74, 6) is -1.32. The third kappa shape index (κ3) is 4.79. The summed E-state index contributed by atoms with van der Waals surface area (Å²) < 4.78 is 1.83. The van der Waals surface area contributed by atoms with Gasteiger partial charge in [0.2, 0.25) is 5.91 Å². The number of para-hydroxylation sites is 1. The number of carboxylic acid groups (broad SMARTS) is 1. The largest absolute Gasteiger partial charge is 0.481 e. The Morgan fingerprint density at radius 1 is 1.06 bits per heavy atom. The van der Waals surface area contributed by atoms with Crippen molar-refractivity contribution in [2.75, 3.05) is 0 Å². The summed E-state index contributed by atoms with van der Waals surface area (Å²) in [7, 11) is 0. The van der Waals surface area contributed by atoms with Crippen molar-refractivity contribution in [2.45, 2.75) is 32.2 Å². The van der Waals surface area contributed by atoms with Crippen LogP contribution < -0.4 is 0 Å². The van der Waals surface area contributed by atoms with Crippen molar-refractivity contribution in [3.8, 4) is 16.9 Å². The molecule has 0 bridgehead atoms. The summed E-state index contributed by atoms with van der Waals surface area (Å²) in [5.41, 5.74) is 6.41. The minimum absolute atomic E-state index is 0.112. The van der Waals surface area contributed by atoms with E-state index in [4.69, 9.17) is 10.2 Å². The van der Waals surface area contributed by atoms with Gasteiger partial charge in [-0.15, -0.1) is 0 Å². The first-order valence-corrected chi connectivity index (χ1v) is 12.3. The van der Waals surface area contributed by atoms with Gasteiger partial charge in [-0.25, -0.2) is 9.69 Å². The first-order valence-electron chi connectivity index (χ1n) is 11.4. The molecule has 176 valence electrons. The van der Waals surface area contributed by atoms with Gasteiger partial charge in [-0.2, -0.15) is 21.5 Å². The molecule has 35 heavy (non-hydrogen) atoms. The lowest BCUT2D eigenvalue weighted by Crippen LogP contribution is -2.27. The van der Waals surface area contributed by atoms with Crippen LogP contribution in [-0.2, 0) is 9.59 Å². The van der Waals surface area contributed by atoms with E-state index < -0.39 is 5.97 Å². The van der Waals surface area contributed by atoms with Crippen LogP contribution in [0, 0.1) is 6.92 Å². The highest BCUT2D eigenvalue weighted by molar-refractivity contribution is 7.08. The molecule has 0 radical (unpaired) electrons. The van der Waals surface area contributed by atoms with E-state index in [1.165, 1.54) is 5.01 Å². The number of hydrazone groups is 1. The number of carboxylic acids is 1. The average Bonchev–Trinajstić information content (AvgIpc) is 3.62. The number of amides is 1. The lowest BCUT2D eigenvalue weighted by atomic mass is 9.96. The van der Waals surface area contributed by atoms with Crippen molar-refractivity contribution < 1.29 is 14.7 Å². The van der Waals surface area contributed by atoms with E-state index in [1.54, 1.807) is 11.3 Å². The molecule has 1 N–H and O–H groups in total. The first kappa shape index (κ1) is 22.7. The molecular formula is C27H24N4O3S. The highest BCUT2D eigenvalue weighted by Crippen LogP contribution is 2.39. The Balaban J connectivity index is 1.60. The van der Waals surface area contributed by atoms with Gasteiger partial charge in [-0.1, -0.05) is 42.0 Å². The summed E-state index contributed by atoms with van der Waals surface area (Å²) in [6, 6.07) is 19.5. The molecule has 5 rings (SSSR count). The molecule has 2 aromatic heterocycles. The molecule has 3 heterocycles. The number of aliphatic carboxylic acids is 1. The summed E-state index contributed by atoms with van der Waals surface area (Å²) in [4.78, 5) is 24.3. The fraction of sp³-hybridized carbons (Fsp3) is 0.185. The molecule has 0 saturated heterocycles. The smallest absolute Gasteiger partial charge is 0.303 e. The molecule has 2 aromatic carbocycles. The maximum absolute atomic E-state index is 13.2. The number of nitrogens with zero attached hydrogens (tertiary/aromatic N) is 4. The van der Waals surface area contributed by atoms with E-state index in [0.717, 1.165) is 39.3 Å². The standard InChI is InChI=1S/C27H24N4O3S/c1-18-6-5-7-19(14-18)27-22(16-30(29-27)21-8-3-2-4-9-21)24-15-23(20-12-13-35-17-20)28-31(24)25(32)10-11-26(33)34/h2-9,12-14,16-17,24H,10-11,15H2,1H3,(H,33,34)/t24-/m0/s1. The van der Waals surface area contributed by atoms with Crippen LogP contribution in [-0.4, -0.2) is 37.5 Å². The molecular weight excluding hydrogens is 460 g/mol. The van der Waals surface area contributed by atoms with Crippen molar-refractivity contribution in [3.63, 3.8) is 0 Å². The molecule has 0 unspecified atom stereocenters. The van der Waals surface area contributed by atoms with Crippen LogP contribution >= 0.6 is 11.3 Å². The lowest BCUT2D eigenvalue weighted by molar-refractivity contribution is -0.141. The predicted molar refractivity (Wildman–Crippen MR) is 136 cm³/mol. The van der Waals surface area contributed by atoms with Gasteiger partial charge in [-0.05, 0) is 41.9 Å². The number of aryl methyl sites for hydroxylation is 1. The Bertz CT molecular complexity index is 1390. The molecule has 4 aromatic rings. The number of benzene rings is 2. The number of hydrogen-bond donors (Lipinski definition) is 1. The maximum Gasteiger partial charge on any atom is 0.303 e. The summed E-state index contributed by atoms with van der Waals surface area (Å²) >= 11 is 1.57. The van der Waals surface area contributed by atoms with Gasteiger partial charge < -0.3 is 5.11 Å². The molecule has 0 saturated carbocycles. The van der Waals surface area contributed by atoms with Gasteiger partial charge >= 0.3 is 5.97 Å². The Morgan fingerprint density at radius 3 is 2.60 bits per heavy atom. The number of carbonyl (C=O) groups excluding carboxylic acids is 1. The molecule has 7 nitrogen and oxygen atoms in total. The van der Waals surface area contributed by atoms with E-state index in [9.17, 15) is 9.59 Å². The first-order chi connectivity index (χ1) is 17.0. The van der Waals surface area contributed by atoms with Gasteiger partial charge in [0.15, 0.2) is 0 Å². The highest BCUT2D eigenvalue weighted by atomic mass is 32.1. The van der Waals surface area contributed by atoms with Crippen molar-refractivity contribution in [2.24, 2.45) is 5.10 Å². The van der Waals surface area contributed by atoms with Crippen LogP contribution in [0.2, 0.25) is 0 Å². The third-order valence-electron chi connectivity index (χ3n) is 5.99. The summed E-state index contributed by atoms with van der Waals surface area (Å²) in [5, 5.41) is 24.2. The zero-order chi connectivity index (χ0) is 24.4. The van der Waals surface area contributed by atoms with Crippen LogP contribution in [0.5, 0.6) is 0 Å². The minimum Gasteiger partial charge on any atom is -0.481 e. The topological polar surface area (TPSA) is 87.8 Å². The molecule has 1 amide bonds. The zero-order valence-electron chi connectivity index (χ0n) is 19.2. The number of hydrogen-bond acceptors (Lipinski definition) is 5. The van der Waals surface area contributed by atoms with Crippen LogP contribution in [0.25, 0.3) is 16.9 Å². The molecule has 1 atom stereocenters. The van der Waals surface area contributed by atoms with E-state index in [-0.39, 0.29) is 24.8 Å².